The summed E-state index contributed by atoms with van der Waals surface area (Å²) in [5.41, 5.74) is 0. The quantitative estimate of drug-likeness (QED) is 0.552. The highest BCUT2D eigenvalue weighted by Crippen LogP contribution is 2.51. The smallest absolute Gasteiger partial charge is 0.202 e. The fourth-order valence-corrected chi connectivity index (χ4v) is 3.58. The zero-order valence-electron chi connectivity index (χ0n) is 6.36. The molecule has 12 heavy (non-hydrogen) atoms. The van der Waals surface area contributed by atoms with Crippen LogP contribution in [0.1, 0.15) is 12.8 Å². The van der Waals surface area contributed by atoms with Gasteiger partial charge in [-0.3, -0.25) is 9.59 Å². The van der Waals surface area contributed by atoms with Crippen LogP contribution in [-0.2, 0) is 14.3 Å². The van der Waals surface area contributed by atoms with Crippen LogP contribution in [-0.4, -0.2) is 22.4 Å². The monoisotopic (exact) mass is 184 g/mol. The van der Waals surface area contributed by atoms with Crippen molar-refractivity contribution < 1.29 is 14.3 Å². The molecule has 3 heterocycles. The van der Waals surface area contributed by atoms with Gasteiger partial charge in [0.2, 0.25) is 10.2 Å². The summed E-state index contributed by atoms with van der Waals surface area (Å²) in [5, 5.41) is 0.0781. The molecule has 4 atom stereocenters. The summed E-state index contributed by atoms with van der Waals surface area (Å²) < 4.78 is 5.53. The Morgan fingerprint density at radius 1 is 1.08 bits per heavy atom. The van der Waals surface area contributed by atoms with Crippen LogP contribution >= 0.6 is 11.8 Å². The van der Waals surface area contributed by atoms with Crippen LogP contribution in [0.15, 0.2) is 0 Å². The van der Waals surface area contributed by atoms with Gasteiger partial charge in [-0.2, -0.15) is 0 Å². The average Bonchev–Trinajstić information content (AvgIpc) is 2.64. The SMILES string of the molecule is O=C1SC(=O)[C@@H]2[C@@H]1[C@@H]1CC[C@H]2O1. The van der Waals surface area contributed by atoms with Gasteiger partial charge in [-0.1, -0.05) is 0 Å². The number of carbonyl (C=O) groups is 2. The van der Waals surface area contributed by atoms with Crippen molar-refractivity contribution in [2.45, 2.75) is 25.0 Å². The Kier molecular flexibility index (Phi) is 1.25. The number of carbonyl (C=O) groups excluding carboxylic acids is 2. The summed E-state index contributed by atoms with van der Waals surface area (Å²) in [4.78, 5) is 22.6. The highest BCUT2D eigenvalue weighted by Gasteiger charge is 2.59. The molecule has 0 aliphatic carbocycles. The standard InChI is InChI=1S/C8H8O3S/c9-7-5-3-1-2-4(11-3)6(5)8(10)12-7/h3-6H,1-2H2/t3-,4+,5-,6-/m0/s1. The van der Waals surface area contributed by atoms with E-state index in [0.29, 0.717) is 0 Å². The van der Waals surface area contributed by atoms with Crippen LogP contribution in [0.25, 0.3) is 0 Å². The summed E-state index contributed by atoms with van der Waals surface area (Å²) in [5.74, 6) is -0.192. The van der Waals surface area contributed by atoms with E-state index in [1.807, 2.05) is 0 Å². The van der Waals surface area contributed by atoms with Crippen molar-refractivity contribution >= 4 is 22.0 Å². The van der Waals surface area contributed by atoms with E-state index in [9.17, 15) is 9.59 Å². The minimum Gasteiger partial charge on any atom is -0.373 e. The largest absolute Gasteiger partial charge is 0.373 e. The van der Waals surface area contributed by atoms with Crippen LogP contribution < -0.4 is 0 Å². The van der Waals surface area contributed by atoms with Crippen LogP contribution in [0.2, 0.25) is 0 Å². The fraction of sp³-hybridized carbons (Fsp3) is 0.750. The second-order valence-corrected chi connectivity index (χ2v) is 4.59. The van der Waals surface area contributed by atoms with Crippen molar-refractivity contribution in [2.75, 3.05) is 0 Å². The first-order valence-corrected chi connectivity index (χ1v) is 5.00. The molecule has 3 rings (SSSR count). The summed E-state index contributed by atoms with van der Waals surface area (Å²) in [6.45, 7) is 0. The van der Waals surface area contributed by atoms with E-state index in [4.69, 9.17) is 4.74 Å². The van der Waals surface area contributed by atoms with Crippen molar-refractivity contribution in [1.29, 1.82) is 0 Å². The number of thioether (sulfide) groups is 1. The number of ether oxygens (including phenoxy) is 1. The van der Waals surface area contributed by atoms with Gasteiger partial charge in [0.15, 0.2) is 0 Å². The minimum atomic E-state index is -0.0961. The normalized spacial score (nSPS) is 50.3. The fourth-order valence-electron chi connectivity index (χ4n) is 2.51. The lowest BCUT2D eigenvalue weighted by molar-refractivity contribution is -0.119. The molecule has 0 spiro atoms. The molecule has 4 heteroatoms. The van der Waals surface area contributed by atoms with E-state index in [1.54, 1.807) is 0 Å². The van der Waals surface area contributed by atoms with Gasteiger partial charge in [0.1, 0.15) is 0 Å². The number of hydrogen-bond acceptors (Lipinski definition) is 4. The van der Waals surface area contributed by atoms with E-state index in [0.717, 1.165) is 24.6 Å². The molecule has 3 saturated heterocycles. The molecule has 0 aromatic rings. The van der Waals surface area contributed by atoms with Gasteiger partial charge in [-0.25, -0.2) is 0 Å². The summed E-state index contributed by atoms with van der Waals surface area (Å²) in [6.07, 6.45) is 2.05. The summed E-state index contributed by atoms with van der Waals surface area (Å²) >= 11 is 0.902. The Hall–Kier alpha value is -0.350. The highest BCUT2D eigenvalue weighted by molar-refractivity contribution is 8.26. The molecule has 0 aromatic carbocycles. The molecule has 0 radical (unpaired) electrons. The summed E-state index contributed by atoms with van der Waals surface area (Å²) in [7, 11) is 0. The molecule has 3 nitrogen and oxygen atoms in total. The first-order valence-electron chi connectivity index (χ1n) is 4.18. The van der Waals surface area contributed by atoms with Gasteiger partial charge in [-0.05, 0) is 24.6 Å². The first kappa shape index (κ1) is 7.09. The van der Waals surface area contributed by atoms with Crippen molar-refractivity contribution in [1.82, 2.24) is 0 Å². The Balaban J connectivity index is 2.03. The molecule has 3 fully saturated rings. The Labute approximate surface area is 73.8 Å². The molecule has 2 bridgehead atoms. The van der Waals surface area contributed by atoms with Crippen molar-refractivity contribution in [2.24, 2.45) is 11.8 Å². The van der Waals surface area contributed by atoms with Crippen LogP contribution in [0.3, 0.4) is 0 Å². The van der Waals surface area contributed by atoms with Gasteiger partial charge in [-0.15, -0.1) is 0 Å². The predicted octanol–water partition coefficient (Wildman–Crippen LogP) is 0.580. The topological polar surface area (TPSA) is 43.4 Å². The maximum atomic E-state index is 11.3. The Morgan fingerprint density at radius 3 is 2.08 bits per heavy atom. The number of fused-ring (bicyclic) bond motifs is 5. The molecule has 0 amide bonds. The van der Waals surface area contributed by atoms with Gasteiger partial charge in [0, 0.05) is 0 Å². The zero-order valence-corrected chi connectivity index (χ0v) is 7.17. The lowest BCUT2D eigenvalue weighted by Gasteiger charge is -2.15. The number of hydrogen-bond donors (Lipinski definition) is 0. The van der Waals surface area contributed by atoms with E-state index >= 15 is 0 Å². The molecule has 0 N–H and O–H groups in total. The molecular formula is C8H8O3S. The molecule has 3 aliphatic heterocycles. The minimum absolute atomic E-state index is 0.0391. The van der Waals surface area contributed by atoms with Gasteiger partial charge in [0.05, 0.1) is 24.0 Å². The molecule has 3 aliphatic rings. The molecule has 0 unspecified atom stereocenters. The van der Waals surface area contributed by atoms with Crippen molar-refractivity contribution in [3.05, 3.63) is 0 Å². The maximum Gasteiger partial charge on any atom is 0.202 e. The Morgan fingerprint density at radius 2 is 1.58 bits per heavy atom. The van der Waals surface area contributed by atoms with Gasteiger partial charge >= 0.3 is 0 Å². The first-order chi connectivity index (χ1) is 5.77. The molecular weight excluding hydrogens is 176 g/mol. The van der Waals surface area contributed by atoms with Crippen LogP contribution in [0, 0.1) is 11.8 Å². The second kappa shape index (κ2) is 2.12. The van der Waals surface area contributed by atoms with Crippen molar-refractivity contribution in [3.63, 3.8) is 0 Å². The molecule has 0 aromatic heterocycles. The zero-order chi connectivity index (χ0) is 8.29. The van der Waals surface area contributed by atoms with E-state index in [1.165, 1.54) is 0 Å². The van der Waals surface area contributed by atoms with E-state index in [2.05, 4.69) is 0 Å². The highest BCUT2D eigenvalue weighted by atomic mass is 32.2. The molecule has 64 valence electrons. The number of rotatable bonds is 0. The van der Waals surface area contributed by atoms with E-state index in [-0.39, 0.29) is 34.3 Å². The lowest BCUT2D eigenvalue weighted by Crippen LogP contribution is -2.29. The Bertz CT molecular complexity index is 249. The van der Waals surface area contributed by atoms with E-state index < -0.39 is 0 Å². The maximum absolute atomic E-state index is 11.3. The second-order valence-electron chi connectivity index (χ2n) is 3.58. The van der Waals surface area contributed by atoms with Gasteiger partial charge in [0.25, 0.3) is 0 Å². The molecule has 0 saturated carbocycles. The lowest BCUT2D eigenvalue weighted by atomic mass is 9.81. The summed E-state index contributed by atoms with van der Waals surface area (Å²) in [6, 6.07) is 0. The van der Waals surface area contributed by atoms with Gasteiger partial charge < -0.3 is 4.74 Å². The predicted molar refractivity (Wildman–Crippen MR) is 42.5 cm³/mol. The third-order valence-electron chi connectivity index (χ3n) is 3.02. The third kappa shape index (κ3) is 0.677. The average molecular weight is 184 g/mol. The third-order valence-corrected chi connectivity index (χ3v) is 3.97. The van der Waals surface area contributed by atoms with Crippen LogP contribution in [0.5, 0.6) is 0 Å². The van der Waals surface area contributed by atoms with Crippen molar-refractivity contribution in [3.8, 4) is 0 Å². The van der Waals surface area contributed by atoms with Crippen LogP contribution in [0.4, 0.5) is 0 Å².